The minimum Gasteiger partial charge on any atom is -0.354 e. The van der Waals surface area contributed by atoms with Gasteiger partial charge in [0.1, 0.15) is 11.7 Å². The fraction of sp³-hybridized carbons (Fsp3) is 0.389. The van der Waals surface area contributed by atoms with Crippen LogP contribution in [0, 0.1) is 18.8 Å². The van der Waals surface area contributed by atoms with Crippen molar-refractivity contribution in [3.05, 3.63) is 77.6 Å². The number of piperidine rings is 1. The van der Waals surface area contributed by atoms with E-state index in [1.807, 2.05) is 31.2 Å². The van der Waals surface area contributed by atoms with Crippen LogP contribution in [0.25, 0.3) is 22.5 Å². The maximum Gasteiger partial charge on any atom is 0.270 e. The Labute approximate surface area is 289 Å². The molecule has 0 spiro atoms. The maximum atomic E-state index is 14.0. The van der Waals surface area contributed by atoms with E-state index in [0.29, 0.717) is 55.3 Å². The summed E-state index contributed by atoms with van der Waals surface area (Å²) in [5.74, 6) is -0.827. The van der Waals surface area contributed by atoms with Gasteiger partial charge in [0, 0.05) is 29.8 Å². The quantitative estimate of drug-likeness (QED) is 0.165. The van der Waals surface area contributed by atoms with Crippen LogP contribution in [-0.2, 0) is 20.8 Å². The highest BCUT2D eigenvalue weighted by Gasteiger charge is 2.35. The van der Waals surface area contributed by atoms with Gasteiger partial charge < -0.3 is 22.1 Å². The molecule has 2 aromatic carbocycles. The summed E-state index contributed by atoms with van der Waals surface area (Å²) in [6, 6.07) is 14.7. The molecule has 2 aliphatic rings. The SMILES string of the molecule is Cc1cc(C(=O)N[C@@H]2CCCNC2=O)ncc1-c1ccc(C[C@H](N)C(=O)N(C(=O)C2CCC(CN)CC2)c2ccc(-c3nn[nH]n3)cc2)cc1. The number of carbonyl (C=O) groups is 4. The van der Waals surface area contributed by atoms with Crippen LogP contribution in [0.4, 0.5) is 5.69 Å². The summed E-state index contributed by atoms with van der Waals surface area (Å²) in [5, 5.41) is 19.6. The molecule has 14 heteroatoms. The molecule has 50 heavy (non-hydrogen) atoms. The van der Waals surface area contributed by atoms with Crippen LogP contribution in [0.3, 0.4) is 0 Å². The smallest absolute Gasteiger partial charge is 0.270 e. The average Bonchev–Trinajstić information content (AvgIpc) is 3.69. The molecule has 1 saturated carbocycles. The number of aromatic nitrogens is 5. The summed E-state index contributed by atoms with van der Waals surface area (Å²) >= 11 is 0. The predicted molar refractivity (Wildman–Crippen MR) is 186 cm³/mol. The van der Waals surface area contributed by atoms with Crippen molar-refractivity contribution in [3.63, 3.8) is 0 Å². The first-order valence-electron chi connectivity index (χ1n) is 17.0. The lowest BCUT2D eigenvalue weighted by molar-refractivity contribution is -0.130. The van der Waals surface area contributed by atoms with Gasteiger partial charge in [0.05, 0.1) is 11.7 Å². The first-order valence-corrected chi connectivity index (χ1v) is 17.0. The van der Waals surface area contributed by atoms with Gasteiger partial charge in [-0.3, -0.25) is 24.2 Å². The molecular weight excluding hydrogens is 636 g/mol. The number of amides is 4. The van der Waals surface area contributed by atoms with E-state index in [-0.39, 0.29) is 29.8 Å². The number of tetrazole rings is 1. The lowest BCUT2D eigenvalue weighted by Gasteiger charge is -2.32. The van der Waals surface area contributed by atoms with Crippen LogP contribution in [-0.4, -0.2) is 74.4 Å². The minimum atomic E-state index is -0.977. The van der Waals surface area contributed by atoms with Crippen molar-refractivity contribution < 1.29 is 19.2 Å². The summed E-state index contributed by atoms with van der Waals surface area (Å²) in [7, 11) is 0. The van der Waals surface area contributed by atoms with E-state index in [9.17, 15) is 19.2 Å². The number of carbonyl (C=O) groups excluding carboxylic acids is 4. The molecule has 1 saturated heterocycles. The zero-order chi connectivity index (χ0) is 35.2. The monoisotopic (exact) mass is 678 g/mol. The summed E-state index contributed by atoms with van der Waals surface area (Å²) in [6.07, 6.45) is 6.28. The van der Waals surface area contributed by atoms with E-state index in [2.05, 4.69) is 36.2 Å². The highest BCUT2D eigenvalue weighted by Crippen LogP contribution is 2.32. The van der Waals surface area contributed by atoms with Gasteiger partial charge in [-0.2, -0.15) is 5.21 Å². The number of pyridine rings is 1. The molecule has 0 bridgehead atoms. The zero-order valence-electron chi connectivity index (χ0n) is 28.0. The van der Waals surface area contributed by atoms with Crippen molar-refractivity contribution in [1.82, 2.24) is 36.2 Å². The van der Waals surface area contributed by atoms with Crippen LogP contribution < -0.4 is 27.0 Å². The third kappa shape index (κ3) is 7.76. The van der Waals surface area contributed by atoms with E-state index in [4.69, 9.17) is 11.5 Å². The number of hydrogen-bond donors (Lipinski definition) is 5. The number of imide groups is 1. The number of benzene rings is 2. The van der Waals surface area contributed by atoms with Crippen molar-refractivity contribution in [1.29, 1.82) is 0 Å². The molecule has 1 aliphatic heterocycles. The third-order valence-electron chi connectivity index (χ3n) is 9.67. The van der Waals surface area contributed by atoms with Crippen molar-refractivity contribution in [2.24, 2.45) is 23.3 Å². The molecule has 2 aromatic heterocycles. The number of nitrogens with zero attached hydrogens (tertiary/aromatic N) is 5. The third-order valence-corrected chi connectivity index (χ3v) is 9.67. The van der Waals surface area contributed by atoms with Gasteiger partial charge in [0.25, 0.3) is 11.8 Å². The van der Waals surface area contributed by atoms with Crippen LogP contribution >= 0.6 is 0 Å². The summed E-state index contributed by atoms with van der Waals surface area (Å²) in [4.78, 5) is 58.4. The molecular formula is C36H42N10O4. The Balaban J connectivity index is 1.15. The molecule has 4 amide bonds. The van der Waals surface area contributed by atoms with E-state index in [1.165, 1.54) is 4.90 Å². The normalized spacial score (nSPS) is 19.7. The Bertz CT molecular complexity index is 1820. The number of nitrogens with two attached hydrogens (primary N) is 2. The van der Waals surface area contributed by atoms with Crippen LogP contribution in [0.5, 0.6) is 0 Å². The first kappa shape index (κ1) is 34.5. The summed E-state index contributed by atoms with van der Waals surface area (Å²) in [5.41, 5.74) is 17.2. The number of anilines is 1. The molecule has 4 aromatic rings. The summed E-state index contributed by atoms with van der Waals surface area (Å²) in [6.45, 7) is 3.10. The highest BCUT2D eigenvalue weighted by atomic mass is 16.2. The van der Waals surface area contributed by atoms with Gasteiger partial charge in [0.15, 0.2) is 0 Å². The average molecular weight is 679 g/mol. The Morgan fingerprint density at radius 2 is 1.72 bits per heavy atom. The van der Waals surface area contributed by atoms with Gasteiger partial charge in [-0.15, -0.1) is 10.2 Å². The van der Waals surface area contributed by atoms with Crippen molar-refractivity contribution in [2.75, 3.05) is 18.0 Å². The van der Waals surface area contributed by atoms with E-state index < -0.39 is 23.9 Å². The fourth-order valence-corrected chi connectivity index (χ4v) is 6.69. The molecule has 260 valence electrons. The fourth-order valence-electron chi connectivity index (χ4n) is 6.69. The lowest BCUT2D eigenvalue weighted by atomic mass is 9.81. The van der Waals surface area contributed by atoms with Gasteiger partial charge in [0.2, 0.25) is 17.6 Å². The second-order valence-electron chi connectivity index (χ2n) is 13.1. The molecule has 2 atom stereocenters. The van der Waals surface area contributed by atoms with Crippen LogP contribution in [0.2, 0.25) is 0 Å². The number of aromatic amines is 1. The van der Waals surface area contributed by atoms with Gasteiger partial charge >= 0.3 is 0 Å². The van der Waals surface area contributed by atoms with Gasteiger partial charge in [-0.1, -0.05) is 24.3 Å². The van der Waals surface area contributed by atoms with Gasteiger partial charge in [-0.05, 0) is 117 Å². The van der Waals surface area contributed by atoms with E-state index in [1.54, 1.807) is 36.5 Å². The summed E-state index contributed by atoms with van der Waals surface area (Å²) < 4.78 is 0. The Hall–Kier alpha value is -5.34. The first-order chi connectivity index (χ1) is 24.2. The van der Waals surface area contributed by atoms with Gasteiger partial charge in [-0.25, -0.2) is 4.90 Å². The van der Waals surface area contributed by atoms with Crippen LogP contribution in [0.1, 0.15) is 60.1 Å². The van der Waals surface area contributed by atoms with E-state index in [0.717, 1.165) is 41.5 Å². The number of H-pyrrole nitrogens is 1. The molecule has 14 nitrogen and oxygen atoms in total. The Kier molecular flexibility index (Phi) is 10.7. The van der Waals surface area contributed by atoms with Crippen molar-refractivity contribution >= 4 is 29.3 Å². The van der Waals surface area contributed by atoms with Crippen LogP contribution in [0.15, 0.2) is 60.8 Å². The number of hydrogen-bond acceptors (Lipinski definition) is 10. The maximum absolute atomic E-state index is 14.0. The molecule has 0 unspecified atom stereocenters. The van der Waals surface area contributed by atoms with E-state index >= 15 is 0 Å². The molecule has 2 fully saturated rings. The predicted octanol–water partition coefficient (Wildman–Crippen LogP) is 2.44. The highest BCUT2D eigenvalue weighted by molar-refractivity contribution is 6.17. The standard InChI is InChI=1S/C36H42N10O4/c1-21-17-31(34(48)41-30-3-2-16-39-33(30)47)40-20-28(21)24-8-4-22(5-9-24)18-29(38)36(50)46(35(49)26-10-6-23(19-37)7-11-26)27-14-12-25(13-15-27)32-42-44-45-43-32/h4-5,8-9,12-15,17,20,23,26,29-30H,2-3,6-7,10-11,16,18-19,37-38H2,1H3,(H,39,47)(H,41,48)(H,42,43,44,45)/t23?,26?,29-,30+/m0/s1. The topological polar surface area (TPSA) is 215 Å². The zero-order valence-corrected chi connectivity index (χ0v) is 28.0. The second kappa shape index (κ2) is 15.5. The second-order valence-corrected chi connectivity index (χ2v) is 13.1. The number of aryl methyl sites for hydroxylation is 1. The molecule has 3 heterocycles. The molecule has 7 N–H and O–H groups in total. The molecule has 1 aliphatic carbocycles. The molecule has 6 rings (SSSR count). The Morgan fingerprint density at radius 1 is 1.00 bits per heavy atom. The molecule has 0 radical (unpaired) electrons. The minimum absolute atomic E-state index is 0.181. The number of nitrogens with one attached hydrogen (secondary N) is 3. The van der Waals surface area contributed by atoms with Crippen molar-refractivity contribution in [3.8, 4) is 22.5 Å². The Morgan fingerprint density at radius 3 is 2.36 bits per heavy atom. The number of rotatable bonds is 10. The largest absolute Gasteiger partial charge is 0.354 e. The lowest BCUT2D eigenvalue weighted by Crippen LogP contribution is -2.50. The van der Waals surface area contributed by atoms with Crippen molar-refractivity contribution in [2.45, 2.75) is 64.0 Å².